The van der Waals surface area contributed by atoms with Crippen LogP contribution in [0.1, 0.15) is 5.56 Å². The maximum Gasteiger partial charge on any atom is 0.227 e. The van der Waals surface area contributed by atoms with Crippen LogP contribution >= 0.6 is 15.9 Å². The molecule has 1 aliphatic heterocycles. The number of nitrogens with zero attached hydrogens (tertiary/aromatic N) is 2. The zero-order valence-electron chi connectivity index (χ0n) is 10.0. The fourth-order valence-electron chi connectivity index (χ4n) is 1.99. The first-order chi connectivity index (χ1) is 8.70. The van der Waals surface area contributed by atoms with E-state index in [0.717, 1.165) is 16.4 Å². The largest absolute Gasteiger partial charge is 0.342 e. The third kappa shape index (κ3) is 3.10. The van der Waals surface area contributed by atoms with Gasteiger partial charge in [-0.05, 0) is 11.6 Å². The number of rotatable bonds is 3. The normalized spacial score (nSPS) is 15.6. The fraction of sp³-hybridized carbons (Fsp3) is 0.385. The molecular formula is C13H15BrN2O2. The second-order valence-electron chi connectivity index (χ2n) is 4.29. The van der Waals surface area contributed by atoms with Gasteiger partial charge >= 0.3 is 0 Å². The van der Waals surface area contributed by atoms with Crippen molar-refractivity contribution in [1.82, 2.24) is 9.80 Å². The Bertz CT molecular complexity index is 442. The van der Waals surface area contributed by atoms with Gasteiger partial charge in [0, 0.05) is 30.7 Å². The van der Waals surface area contributed by atoms with E-state index in [1.165, 1.54) is 0 Å². The second kappa shape index (κ2) is 6.00. The van der Waals surface area contributed by atoms with Crippen molar-refractivity contribution in [1.29, 1.82) is 0 Å². The smallest absolute Gasteiger partial charge is 0.227 e. The van der Waals surface area contributed by atoms with Crippen LogP contribution in [0.15, 0.2) is 28.7 Å². The second-order valence-corrected chi connectivity index (χ2v) is 5.14. The van der Waals surface area contributed by atoms with Gasteiger partial charge in [0.1, 0.15) is 0 Å². The summed E-state index contributed by atoms with van der Waals surface area (Å²) < 4.78 is 0.963. The zero-order chi connectivity index (χ0) is 13.0. The first-order valence-corrected chi connectivity index (χ1v) is 6.70. The Morgan fingerprint density at radius 3 is 2.50 bits per heavy atom. The van der Waals surface area contributed by atoms with Gasteiger partial charge in [-0.15, -0.1) is 0 Å². The van der Waals surface area contributed by atoms with E-state index in [2.05, 4.69) is 15.9 Å². The highest BCUT2D eigenvalue weighted by Gasteiger charge is 2.20. The molecule has 1 aliphatic rings. The number of piperazine rings is 1. The van der Waals surface area contributed by atoms with E-state index >= 15 is 0 Å². The number of hydrogen-bond donors (Lipinski definition) is 0. The third-order valence-electron chi connectivity index (χ3n) is 3.12. The number of carbonyl (C=O) groups excluding carboxylic acids is 2. The van der Waals surface area contributed by atoms with Crippen molar-refractivity contribution in [2.45, 2.75) is 6.42 Å². The molecule has 0 aliphatic carbocycles. The van der Waals surface area contributed by atoms with E-state index in [1.54, 1.807) is 4.90 Å². The summed E-state index contributed by atoms with van der Waals surface area (Å²) in [5.41, 5.74) is 1.00. The molecule has 0 unspecified atom stereocenters. The number of halogens is 1. The summed E-state index contributed by atoms with van der Waals surface area (Å²) in [4.78, 5) is 26.2. The van der Waals surface area contributed by atoms with Crippen LogP contribution in [-0.2, 0) is 16.0 Å². The van der Waals surface area contributed by atoms with Gasteiger partial charge in [0.05, 0.1) is 6.42 Å². The Morgan fingerprint density at radius 2 is 1.89 bits per heavy atom. The molecule has 1 aromatic carbocycles. The molecule has 5 heteroatoms. The van der Waals surface area contributed by atoms with E-state index in [9.17, 15) is 9.59 Å². The van der Waals surface area contributed by atoms with Crippen LogP contribution in [0, 0.1) is 0 Å². The number of benzene rings is 1. The highest BCUT2D eigenvalue weighted by molar-refractivity contribution is 9.10. The molecular weight excluding hydrogens is 296 g/mol. The first kappa shape index (κ1) is 13.1. The first-order valence-electron chi connectivity index (χ1n) is 5.91. The van der Waals surface area contributed by atoms with E-state index < -0.39 is 0 Å². The summed E-state index contributed by atoms with van der Waals surface area (Å²) in [6.45, 7) is 2.51. The molecule has 4 nitrogen and oxygen atoms in total. The Balaban J connectivity index is 1.93. The van der Waals surface area contributed by atoms with E-state index in [4.69, 9.17) is 0 Å². The minimum atomic E-state index is 0.118. The SMILES string of the molecule is O=CN1CCN(C(=O)Cc2ccccc2Br)CC1. The molecule has 2 rings (SSSR count). The fourth-order valence-corrected chi connectivity index (χ4v) is 2.42. The van der Waals surface area contributed by atoms with Gasteiger partial charge in [-0.2, -0.15) is 0 Å². The molecule has 96 valence electrons. The summed E-state index contributed by atoms with van der Waals surface area (Å²) in [5, 5.41) is 0. The lowest BCUT2D eigenvalue weighted by Gasteiger charge is -2.32. The molecule has 0 saturated carbocycles. The quantitative estimate of drug-likeness (QED) is 0.789. The molecule has 0 spiro atoms. The van der Waals surface area contributed by atoms with E-state index in [-0.39, 0.29) is 5.91 Å². The minimum absolute atomic E-state index is 0.118. The molecule has 0 atom stereocenters. The summed E-state index contributed by atoms with van der Waals surface area (Å²) in [6, 6.07) is 7.75. The van der Waals surface area contributed by atoms with Crippen molar-refractivity contribution in [2.75, 3.05) is 26.2 Å². The summed E-state index contributed by atoms with van der Waals surface area (Å²) in [7, 11) is 0. The van der Waals surface area contributed by atoms with Crippen LogP contribution in [0.5, 0.6) is 0 Å². The maximum absolute atomic E-state index is 12.1. The summed E-state index contributed by atoms with van der Waals surface area (Å²) in [5.74, 6) is 0.118. The van der Waals surface area contributed by atoms with Gasteiger partial charge in [-0.3, -0.25) is 9.59 Å². The molecule has 1 fully saturated rings. The Hall–Kier alpha value is -1.36. The van der Waals surface area contributed by atoms with Gasteiger partial charge in [0.2, 0.25) is 12.3 Å². The Kier molecular flexibility index (Phi) is 4.36. The molecule has 1 aromatic rings. The maximum atomic E-state index is 12.1. The average Bonchev–Trinajstić information content (AvgIpc) is 2.41. The monoisotopic (exact) mass is 310 g/mol. The average molecular weight is 311 g/mol. The zero-order valence-corrected chi connectivity index (χ0v) is 11.6. The van der Waals surface area contributed by atoms with Crippen molar-refractivity contribution in [3.8, 4) is 0 Å². The van der Waals surface area contributed by atoms with Crippen LogP contribution in [0.25, 0.3) is 0 Å². The molecule has 18 heavy (non-hydrogen) atoms. The van der Waals surface area contributed by atoms with Crippen molar-refractivity contribution in [3.63, 3.8) is 0 Å². The van der Waals surface area contributed by atoms with Gasteiger partial charge in [0.25, 0.3) is 0 Å². The molecule has 0 aromatic heterocycles. The lowest BCUT2D eigenvalue weighted by molar-refractivity contribution is -0.134. The molecule has 0 radical (unpaired) electrons. The lowest BCUT2D eigenvalue weighted by atomic mass is 10.1. The van der Waals surface area contributed by atoms with Crippen LogP contribution in [0.2, 0.25) is 0 Å². The molecule has 0 bridgehead atoms. The Morgan fingerprint density at radius 1 is 1.22 bits per heavy atom. The number of amides is 2. The highest BCUT2D eigenvalue weighted by atomic mass is 79.9. The van der Waals surface area contributed by atoms with Crippen LogP contribution in [0.3, 0.4) is 0 Å². The van der Waals surface area contributed by atoms with Crippen molar-refractivity contribution in [2.24, 2.45) is 0 Å². The summed E-state index contributed by atoms with van der Waals surface area (Å²) in [6.07, 6.45) is 1.25. The van der Waals surface area contributed by atoms with Gasteiger partial charge in [-0.1, -0.05) is 34.1 Å². The standard InChI is InChI=1S/C13H15BrN2O2/c14-12-4-2-1-3-11(12)9-13(18)16-7-5-15(10-17)6-8-16/h1-4,10H,5-9H2. The van der Waals surface area contributed by atoms with E-state index in [0.29, 0.717) is 32.6 Å². The molecule has 0 N–H and O–H groups in total. The lowest BCUT2D eigenvalue weighted by Crippen LogP contribution is -2.48. The predicted octanol–water partition coefficient (Wildman–Crippen LogP) is 1.29. The molecule has 1 heterocycles. The van der Waals surface area contributed by atoms with Crippen molar-refractivity contribution in [3.05, 3.63) is 34.3 Å². The third-order valence-corrected chi connectivity index (χ3v) is 3.89. The molecule has 2 amide bonds. The van der Waals surface area contributed by atoms with Gasteiger partial charge < -0.3 is 9.80 Å². The molecule has 1 saturated heterocycles. The minimum Gasteiger partial charge on any atom is -0.342 e. The van der Waals surface area contributed by atoms with E-state index in [1.807, 2.05) is 29.2 Å². The van der Waals surface area contributed by atoms with Crippen molar-refractivity contribution >= 4 is 28.2 Å². The van der Waals surface area contributed by atoms with Crippen LogP contribution in [-0.4, -0.2) is 48.3 Å². The summed E-state index contributed by atoms with van der Waals surface area (Å²) >= 11 is 3.44. The highest BCUT2D eigenvalue weighted by Crippen LogP contribution is 2.17. The van der Waals surface area contributed by atoms with Gasteiger partial charge in [-0.25, -0.2) is 0 Å². The topological polar surface area (TPSA) is 40.6 Å². The number of hydrogen-bond acceptors (Lipinski definition) is 2. The Labute approximate surface area is 115 Å². The van der Waals surface area contributed by atoms with Crippen LogP contribution < -0.4 is 0 Å². The van der Waals surface area contributed by atoms with Crippen molar-refractivity contribution < 1.29 is 9.59 Å². The number of carbonyl (C=O) groups is 2. The predicted molar refractivity (Wildman–Crippen MR) is 72.1 cm³/mol. The van der Waals surface area contributed by atoms with Gasteiger partial charge in [0.15, 0.2) is 0 Å². The van der Waals surface area contributed by atoms with Crippen LogP contribution in [0.4, 0.5) is 0 Å².